The van der Waals surface area contributed by atoms with E-state index in [1.807, 2.05) is 0 Å². The van der Waals surface area contributed by atoms with Crippen molar-refractivity contribution in [1.82, 2.24) is 0 Å². The number of hydrogen-bond acceptors (Lipinski definition) is 2. The fourth-order valence-electron chi connectivity index (χ4n) is 1.33. The van der Waals surface area contributed by atoms with Crippen LogP contribution in [0, 0.1) is 0 Å². The molecule has 0 radical (unpaired) electrons. The Labute approximate surface area is 115 Å². The van der Waals surface area contributed by atoms with E-state index in [1.165, 1.54) is 0 Å². The number of amides is 1. The number of anilines is 1. The predicted molar refractivity (Wildman–Crippen MR) is 70.6 cm³/mol. The first-order valence-electron chi connectivity index (χ1n) is 5.79. The number of ether oxygens (including phenoxy) is 1. The van der Waals surface area contributed by atoms with Crippen LogP contribution in [0.1, 0.15) is 19.3 Å². The van der Waals surface area contributed by atoms with Crippen LogP contribution in [-0.4, -0.2) is 12.7 Å². The average molecular weight is 290 g/mol. The van der Waals surface area contributed by atoms with Crippen molar-refractivity contribution in [3.05, 3.63) is 41.4 Å². The van der Waals surface area contributed by atoms with Gasteiger partial charge in [0.05, 0.1) is 17.3 Å². The molecule has 0 spiro atoms. The van der Waals surface area contributed by atoms with E-state index in [-0.39, 0.29) is 13.0 Å². The van der Waals surface area contributed by atoms with Crippen molar-refractivity contribution in [1.29, 1.82) is 0 Å². The first-order valence-corrected chi connectivity index (χ1v) is 6.17. The van der Waals surface area contributed by atoms with Gasteiger partial charge in [-0.3, -0.25) is 5.32 Å². The van der Waals surface area contributed by atoms with Crippen LogP contribution in [0.2, 0.25) is 5.02 Å². The number of benzene rings is 1. The van der Waals surface area contributed by atoms with Gasteiger partial charge in [0.2, 0.25) is 0 Å². The van der Waals surface area contributed by atoms with Gasteiger partial charge in [-0.05, 0) is 37.5 Å². The maximum atomic E-state index is 11.7. The summed E-state index contributed by atoms with van der Waals surface area (Å²) in [5.41, 5.74) is 0.469. The highest BCUT2D eigenvalue weighted by molar-refractivity contribution is 6.33. The highest BCUT2D eigenvalue weighted by atomic mass is 35.5. The van der Waals surface area contributed by atoms with Crippen molar-refractivity contribution in [3.63, 3.8) is 0 Å². The molecule has 0 aliphatic carbocycles. The van der Waals surface area contributed by atoms with Crippen LogP contribution in [0.4, 0.5) is 19.3 Å². The SMILES string of the molecule is O=C(Nc1ccccc1Cl)OCCCCC=C(F)F. The molecule has 0 aromatic heterocycles. The molecule has 0 aliphatic heterocycles. The van der Waals surface area contributed by atoms with Crippen LogP contribution in [0.25, 0.3) is 0 Å². The summed E-state index contributed by atoms with van der Waals surface area (Å²) in [6.45, 7) is 0.179. The standard InChI is InChI=1S/C13H14ClF2NO2/c14-10-6-3-4-7-11(10)17-13(18)19-9-5-1-2-8-12(15)16/h3-4,6-8H,1-2,5,9H2,(H,17,18). The van der Waals surface area contributed by atoms with E-state index in [9.17, 15) is 13.6 Å². The van der Waals surface area contributed by atoms with E-state index >= 15 is 0 Å². The third-order valence-corrected chi connectivity index (χ3v) is 2.57. The van der Waals surface area contributed by atoms with Gasteiger partial charge in [-0.1, -0.05) is 23.7 Å². The molecule has 0 heterocycles. The van der Waals surface area contributed by atoms with Crippen molar-refractivity contribution >= 4 is 23.4 Å². The van der Waals surface area contributed by atoms with Crippen molar-refractivity contribution in [2.75, 3.05) is 11.9 Å². The van der Waals surface area contributed by atoms with Gasteiger partial charge in [-0.2, -0.15) is 8.78 Å². The number of unbranched alkanes of at least 4 members (excludes halogenated alkanes) is 2. The third kappa shape index (κ3) is 6.76. The number of allylic oxidation sites excluding steroid dienone is 1. The van der Waals surface area contributed by atoms with Crippen LogP contribution in [0.3, 0.4) is 0 Å². The van der Waals surface area contributed by atoms with E-state index in [2.05, 4.69) is 5.32 Å². The molecular weight excluding hydrogens is 276 g/mol. The molecule has 19 heavy (non-hydrogen) atoms. The molecule has 3 nitrogen and oxygen atoms in total. The van der Waals surface area contributed by atoms with Gasteiger partial charge < -0.3 is 4.74 Å². The molecular formula is C13H14ClF2NO2. The summed E-state index contributed by atoms with van der Waals surface area (Å²) in [6.07, 6.45) is -0.101. The lowest BCUT2D eigenvalue weighted by Gasteiger charge is -2.07. The van der Waals surface area contributed by atoms with Crippen LogP contribution in [-0.2, 0) is 4.74 Å². The minimum absolute atomic E-state index is 0.179. The molecule has 0 saturated heterocycles. The molecule has 0 bridgehead atoms. The molecule has 1 aromatic rings. The van der Waals surface area contributed by atoms with E-state index in [0.29, 0.717) is 23.6 Å². The molecule has 1 amide bonds. The molecule has 1 aromatic carbocycles. The maximum absolute atomic E-state index is 11.7. The third-order valence-electron chi connectivity index (χ3n) is 2.24. The van der Waals surface area contributed by atoms with Crippen LogP contribution in [0.5, 0.6) is 0 Å². The van der Waals surface area contributed by atoms with Crippen molar-refractivity contribution in [2.24, 2.45) is 0 Å². The van der Waals surface area contributed by atoms with Crippen LogP contribution >= 0.6 is 11.6 Å². The largest absolute Gasteiger partial charge is 0.449 e. The molecule has 0 fully saturated rings. The van der Waals surface area contributed by atoms with Crippen LogP contribution < -0.4 is 5.32 Å². The molecule has 0 saturated carbocycles. The molecule has 0 unspecified atom stereocenters. The molecule has 6 heteroatoms. The van der Waals surface area contributed by atoms with E-state index in [4.69, 9.17) is 16.3 Å². The van der Waals surface area contributed by atoms with Gasteiger partial charge in [0, 0.05) is 0 Å². The zero-order chi connectivity index (χ0) is 14.1. The lowest BCUT2D eigenvalue weighted by Crippen LogP contribution is -2.14. The quantitative estimate of drug-likeness (QED) is 0.761. The number of para-hydroxylation sites is 1. The molecule has 0 aliphatic rings. The minimum Gasteiger partial charge on any atom is -0.449 e. The summed E-state index contributed by atoms with van der Waals surface area (Å²) in [4.78, 5) is 11.4. The Kier molecular flexibility index (Phi) is 6.89. The Morgan fingerprint density at radius 2 is 2.05 bits per heavy atom. The Morgan fingerprint density at radius 3 is 2.74 bits per heavy atom. The molecule has 0 atom stereocenters. The average Bonchev–Trinajstić information content (AvgIpc) is 2.36. The monoisotopic (exact) mass is 289 g/mol. The van der Waals surface area contributed by atoms with Gasteiger partial charge in [-0.25, -0.2) is 4.79 Å². The number of nitrogens with one attached hydrogen (secondary N) is 1. The smallest absolute Gasteiger partial charge is 0.411 e. The first-order chi connectivity index (χ1) is 9.09. The minimum atomic E-state index is -1.68. The predicted octanol–water partition coefficient (Wildman–Crippen LogP) is 4.84. The Balaban J connectivity index is 2.19. The number of carbonyl (C=O) groups excluding carboxylic acids is 1. The van der Waals surface area contributed by atoms with Gasteiger partial charge in [0.25, 0.3) is 6.08 Å². The fraction of sp³-hybridized carbons (Fsp3) is 0.308. The molecule has 104 valence electrons. The van der Waals surface area contributed by atoms with Gasteiger partial charge >= 0.3 is 6.09 Å². The summed E-state index contributed by atoms with van der Waals surface area (Å²) >= 11 is 5.85. The van der Waals surface area contributed by atoms with Gasteiger partial charge in [0.1, 0.15) is 0 Å². The van der Waals surface area contributed by atoms with Crippen molar-refractivity contribution in [3.8, 4) is 0 Å². The summed E-state index contributed by atoms with van der Waals surface area (Å²) in [5, 5.41) is 2.91. The lowest BCUT2D eigenvalue weighted by molar-refractivity contribution is 0.159. The van der Waals surface area contributed by atoms with E-state index < -0.39 is 12.2 Å². The first kappa shape index (κ1) is 15.4. The second kappa shape index (κ2) is 8.48. The van der Waals surface area contributed by atoms with E-state index in [1.54, 1.807) is 24.3 Å². The Morgan fingerprint density at radius 1 is 1.32 bits per heavy atom. The number of rotatable bonds is 6. The maximum Gasteiger partial charge on any atom is 0.411 e. The highest BCUT2D eigenvalue weighted by Crippen LogP contribution is 2.20. The second-order valence-corrected chi connectivity index (χ2v) is 4.14. The topological polar surface area (TPSA) is 38.3 Å². The zero-order valence-electron chi connectivity index (χ0n) is 10.2. The summed E-state index contributed by atoms with van der Waals surface area (Å²) < 4.78 is 28.3. The van der Waals surface area contributed by atoms with Crippen molar-refractivity contribution in [2.45, 2.75) is 19.3 Å². The van der Waals surface area contributed by atoms with E-state index in [0.717, 1.165) is 6.08 Å². The van der Waals surface area contributed by atoms with Crippen molar-refractivity contribution < 1.29 is 18.3 Å². The Bertz CT molecular complexity index is 448. The van der Waals surface area contributed by atoms with Gasteiger partial charge in [-0.15, -0.1) is 0 Å². The summed E-state index contributed by atoms with van der Waals surface area (Å²) in [6, 6.07) is 6.78. The number of carbonyl (C=O) groups is 1. The number of hydrogen-bond donors (Lipinski definition) is 1. The fourth-order valence-corrected chi connectivity index (χ4v) is 1.51. The highest BCUT2D eigenvalue weighted by Gasteiger charge is 2.05. The molecule has 1 rings (SSSR count). The number of halogens is 3. The Hall–Kier alpha value is -1.62. The lowest BCUT2D eigenvalue weighted by atomic mass is 10.2. The second-order valence-electron chi connectivity index (χ2n) is 3.73. The molecule has 1 N–H and O–H groups in total. The van der Waals surface area contributed by atoms with Crippen LogP contribution in [0.15, 0.2) is 36.4 Å². The summed E-state index contributed by atoms with van der Waals surface area (Å²) in [7, 11) is 0. The van der Waals surface area contributed by atoms with Gasteiger partial charge in [0.15, 0.2) is 0 Å². The summed E-state index contributed by atoms with van der Waals surface area (Å²) in [5.74, 6) is 0. The zero-order valence-corrected chi connectivity index (χ0v) is 10.9. The normalized spacial score (nSPS) is 9.84.